The van der Waals surface area contributed by atoms with E-state index in [0.29, 0.717) is 5.78 Å². The zero-order valence-electron chi connectivity index (χ0n) is 15.1. The van der Waals surface area contributed by atoms with Gasteiger partial charge in [0, 0.05) is 29.9 Å². The maximum absolute atomic E-state index is 4.83. The molecule has 0 aliphatic heterocycles. The molecule has 4 rings (SSSR count). The van der Waals surface area contributed by atoms with Gasteiger partial charge in [-0.3, -0.25) is 0 Å². The SMILES string of the molecule is Cc1cc(Nc2ccc3c(c2)nc(C(C)(C)C)n3C)n2ncnc2n1. The summed E-state index contributed by atoms with van der Waals surface area (Å²) in [5.74, 6) is 2.47. The van der Waals surface area contributed by atoms with Crippen LogP contribution in [0.1, 0.15) is 32.3 Å². The molecule has 128 valence electrons. The molecule has 1 aromatic carbocycles. The van der Waals surface area contributed by atoms with Crippen molar-refractivity contribution in [2.45, 2.75) is 33.1 Å². The predicted molar refractivity (Wildman–Crippen MR) is 98.2 cm³/mol. The van der Waals surface area contributed by atoms with Gasteiger partial charge >= 0.3 is 0 Å². The molecule has 0 radical (unpaired) electrons. The number of imidazole rings is 1. The highest BCUT2D eigenvalue weighted by atomic mass is 15.3. The Morgan fingerprint density at radius 2 is 1.88 bits per heavy atom. The van der Waals surface area contributed by atoms with E-state index in [2.05, 4.69) is 71.0 Å². The van der Waals surface area contributed by atoms with Gasteiger partial charge in [0.25, 0.3) is 5.78 Å². The van der Waals surface area contributed by atoms with Crippen molar-refractivity contribution in [1.82, 2.24) is 29.1 Å². The van der Waals surface area contributed by atoms with Crippen LogP contribution < -0.4 is 5.32 Å². The van der Waals surface area contributed by atoms with Crippen LogP contribution in [0.15, 0.2) is 30.6 Å². The lowest BCUT2D eigenvalue weighted by molar-refractivity contribution is 0.526. The Morgan fingerprint density at radius 3 is 2.64 bits per heavy atom. The molecule has 0 saturated carbocycles. The standard InChI is InChI=1S/C18H21N7/c1-11-8-15(25-17(21-11)19-10-20-25)22-12-6-7-14-13(9-12)23-16(24(14)5)18(2,3)4/h6-10,22H,1-5H3. The minimum Gasteiger partial charge on any atom is -0.340 e. The molecule has 0 aliphatic carbocycles. The lowest BCUT2D eigenvalue weighted by Crippen LogP contribution is -2.17. The quantitative estimate of drug-likeness (QED) is 0.608. The zero-order valence-corrected chi connectivity index (χ0v) is 15.1. The number of aryl methyl sites for hydroxylation is 2. The molecule has 0 saturated heterocycles. The lowest BCUT2D eigenvalue weighted by atomic mass is 9.96. The smallest absolute Gasteiger partial charge is 0.254 e. The third kappa shape index (κ3) is 2.61. The Bertz CT molecular complexity index is 1080. The van der Waals surface area contributed by atoms with Gasteiger partial charge in [0.1, 0.15) is 18.0 Å². The summed E-state index contributed by atoms with van der Waals surface area (Å²) in [6.07, 6.45) is 1.50. The fourth-order valence-electron chi connectivity index (χ4n) is 3.12. The molecule has 0 unspecified atom stereocenters. The number of benzene rings is 1. The average molecular weight is 335 g/mol. The van der Waals surface area contributed by atoms with Gasteiger partial charge < -0.3 is 9.88 Å². The Hall–Kier alpha value is -2.96. The fourth-order valence-corrected chi connectivity index (χ4v) is 3.12. The van der Waals surface area contributed by atoms with E-state index in [1.807, 2.05) is 13.0 Å². The summed E-state index contributed by atoms with van der Waals surface area (Å²) in [7, 11) is 2.06. The molecular formula is C18H21N7. The number of nitrogens with zero attached hydrogens (tertiary/aromatic N) is 6. The van der Waals surface area contributed by atoms with Crippen LogP contribution in [-0.2, 0) is 12.5 Å². The second-order valence-electron chi connectivity index (χ2n) is 7.33. The van der Waals surface area contributed by atoms with E-state index in [1.165, 1.54) is 6.33 Å². The van der Waals surface area contributed by atoms with Crippen LogP contribution in [0.4, 0.5) is 11.5 Å². The highest BCUT2D eigenvalue weighted by molar-refractivity contribution is 5.81. The summed E-state index contributed by atoms with van der Waals surface area (Å²) < 4.78 is 3.85. The molecule has 0 fully saturated rings. The third-order valence-electron chi connectivity index (χ3n) is 4.20. The first-order valence-corrected chi connectivity index (χ1v) is 8.24. The number of aromatic nitrogens is 6. The number of rotatable bonds is 2. The van der Waals surface area contributed by atoms with Gasteiger partial charge in [0.2, 0.25) is 0 Å². The lowest BCUT2D eigenvalue weighted by Gasteiger charge is -2.17. The maximum atomic E-state index is 4.83. The predicted octanol–water partition coefficient (Wildman–Crippen LogP) is 3.36. The van der Waals surface area contributed by atoms with Crippen LogP contribution in [0.2, 0.25) is 0 Å². The van der Waals surface area contributed by atoms with Crippen LogP contribution in [-0.4, -0.2) is 29.1 Å². The van der Waals surface area contributed by atoms with Crippen LogP contribution in [0.25, 0.3) is 16.8 Å². The first-order valence-electron chi connectivity index (χ1n) is 8.24. The molecular weight excluding hydrogens is 314 g/mol. The summed E-state index contributed by atoms with van der Waals surface area (Å²) in [6.45, 7) is 8.47. The summed E-state index contributed by atoms with van der Waals surface area (Å²) in [6, 6.07) is 8.15. The van der Waals surface area contributed by atoms with Gasteiger partial charge in [-0.25, -0.2) is 9.97 Å². The minimum atomic E-state index is -0.00350. The molecule has 7 heteroatoms. The van der Waals surface area contributed by atoms with E-state index in [0.717, 1.165) is 34.1 Å². The van der Waals surface area contributed by atoms with Crippen LogP contribution in [0.5, 0.6) is 0 Å². The van der Waals surface area contributed by atoms with Gasteiger partial charge in [-0.15, -0.1) is 0 Å². The molecule has 3 aromatic heterocycles. The van der Waals surface area contributed by atoms with E-state index in [9.17, 15) is 0 Å². The summed E-state index contributed by atoms with van der Waals surface area (Å²) >= 11 is 0. The van der Waals surface area contributed by atoms with Crippen molar-refractivity contribution < 1.29 is 0 Å². The summed E-state index contributed by atoms with van der Waals surface area (Å²) in [5.41, 5.74) is 3.92. The van der Waals surface area contributed by atoms with Gasteiger partial charge in [0.15, 0.2) is 0 Å². The average Bonchev–Trinajstić information content (AvgIpc) is 3.11. The summed E-state index contributed by atoms with van der Waals surface area (Å²) in [5, 5.41) is 7.63. The molecule has 0 spiro atoms. The fraction of sp³-hybridized carbons (Fsp3) is 0.333. The van der Waals surface area contributed by atoms with Crippen molar-refractivity contribution >= 4 is 28.3 Å². The number of anilines is 2. The number of hydrogen-bond donors (Lipinski definition) is 1. The maximum Gasteiger partial charge on any atom is 0.254 e. The van der Waals surface area contributed by atoms with Crippen LogP contribution >= 0.6 is 0 Å². The Kier molecular flexibility index (Phi) is 3.28. The van der Waals surface area contributed by atoms with Crippen molar-refractivity contribution in [3.63, 3.8) is 0 Å². The molecule has 0 amide bonds. The van der Waals surface area contributed by atoms with E-state index in [4.69, 9.17) is 4.98 Å². The first-order chi connectivity index (χ1) is 11.8. The molecule has 0 bridgehead atoms. The number of fused-ring (bicyclic) bond motifs is 2. The Labute approximate surface area is 145 Å². The van der Waals surface area contributed by atoms with Gasteiger partial charge in [-0.2, -0.15) is 14.6 Å². The monoisotopic (exact) mass is 335 g/mol. The van der Waals surface area contributed by atoms with Crippen molar-refractivity contribution in [2.24, 2.45) is 7.05 Å². The normalized spacial score (nSPS) is 12.2. The van der Waals surface area contributed by atoms with Crippen molar-refractivity contribution in [1.29, 1.82) is 0 Å². The third-order valence-corrected chi connectivity index (χ3v) is 4.20. The van der Waals surface area contributed by atoms with Crippen molar-refractivity contribution in [3.8, 4) is 0 Å². The molecule has 3 heterocycles. The van der Waals surface area contributed by atoms with E-state index in [1.54, 1.807) is 4.52 Å². The largest absolute Gasteiger partial charge is 0.340 e. The molecule has 1 N–H and O–H groups in total. The minimum absolute atomic E-state index is 0.00350. The van der Waals surface area contributed by atoms with Crippen LogP contribution in [0, 0.1) is 6.92 Å². The Morgan fingerprint density at radius 1 is 1.08 bits per heavy atom. The molecule has 7 nitrogen and oxygen atoms in total. The topological polar surface area (TPSA) is 72.9 Å². The Balaban J connectivity index is 1.78. The highest BCUT2D eigenvalue weighted by Gasteiger charge is 2.21. The van der Waals surface area contributed by atoms with Crippen molar-refractivity contribution in [3.05, 3.63) is 42.1 Å². The highest BCUT2D eigenvalue weighted by Crippen LogP contribution is 2.28. The van der Waals surface area contributed by atoms with Gasteiger partial charge in [0.05, 0.1) is 11.0 Å². The second-order valence-corrected chi connectivity index (χ2v) is 7.33. The van der Waals surface area contributed by atoms with Gasteiger partial charge in [-0.05, 0) is 25.1 Å². The van der Waals surface area contributed by atoms with Gasteiger partial charge in [-0.1, -0.05) is 20.8 Å². The molecule has 0 aliphatic rings. The van der Waals surface area contributed by atoms with E-state index >= 15 is 0 Å². The zero-order chi connectivity index (χ0) is 17.8. The van der Waals surface area contributed by atoms with E-state index in [-0.39, 0.29) is 5.41 Å². The second kappa shape index (κ2) is 5.27. The first kappa shape index (κ1) is 15.6. The molecule has 0 atom stereocenters. The van der Waals surface area contributed by atoms with Crippen molar-refractivity contribution in [2.75, 3.05) is 5.32 Å². The molecule has 4 aromatic rings. The van der Waals surface area contributed by atoms with E-state index < -0.39 is 0 Å². The number of nitrogens with one attached hydrogen (secondary N) is 1. The summed E-state index contributed by atoms with van der Waals surface area (Å²) in [4.78, 5) is 13.4. The molecule has 25 heavy (non-hydrogen) atoms. The van der Waals surface area contributed by atoms with Crippen LogP contribution in [0.3, 0.4) is 0 Å². The number of hydrogen-bond acceptors (Lipinski definition) is 5.